The second kappa shape index (κ2) is 6.27. The van der Waals surface area contributed by atoms with Crippen molar-refractivity contribution in [1.29, 1.82) is 0 Å². The number of carboxylic acids is 1. The van der Waals surface area contributed by atoms with Crippen molar-refractivity contribution in [3.63, 3.8) is 0 Å². The van der Waals surface area contributed by atoms with Crippen molar-refractivity contribution >= 4 is 5.97 Å². The lowest BCUT2D eigenvalue weighted by Crippen LogP contribution is -2.47. The Hall–Kier alpha value is -1.55. The van der Waals surface area contributed by atoms with E-state index in [9.17, 15) is 15.0 Å². The van der Waals surface area contributed by atoms with E-state index >= 15 is 0 Å². The third-order valence-corrected chi connectivity index (χ3v) is 4.18. The summed E-state index contributed by atoms with van der Waals surface area (Å²) >= 11 is 0. The summed E-state index contributed by atoms with van der Waals surface area (Å²) in [6.45, 7) is 4.36. The molecule has 2 N–H and O–H groups in total. The number of hydrogen-bond donors (Lipinski definition) is 2. The number of phenolic OH excluding ortho intramolecular Hbond substituents is 1. The van der Waals surface area contributed by atoms with Crippen LogP contribution in [-0.2, 0) is 11.3 Å². The number of nitrogens with zero attached hydrogens (tertiary/aromatic N) is 1. The van der Waals surface area contributed by atoms with Crippen molar-refractivity contribution in [3.05, 3.63) is 29.8 Å². The van der Waals surface area contributed by atoms with Crippen LogP contribution < -0.4 is 0 Å². The lowest BCUT2D eigenvalue weighted by Gasteiger charge is -2.40. The topological polar surface area (TPSA) is 60.8 Å². The highest BCUT2D eigenvalue weighted by Crippen LogP contribution is 2.35. The molecule has 0 amide bonds. The molecule has 1 aliphatic rings. The summed E-state index contributed by atoms with van der Waals surface area (Å²) in [5.41, 5.74) is 0.532. The maximum absolute atomic E-state index is 11.6. The van der Waals surface area contributed by atoms with Gasteiger partial charge >= 0.3 is 5.97 Å². The van der Waals surface area contributed by atoms with Crippen LogP contribution >= 0.6 is 0 Å². The summed E-state index contributed by atoms with van der Waals surface area (Å²) < 4.78 is 0. The minimum atomic E-state index is -0.658. The number of benzene rings is 1. The lowest BCUT2D eigenvalue weighted by molar-refractivity contribution is -0.153. The van der Waals surface area contributed by atoms with Crippen LogP contribution in [0.2, 0.25) is 0 Å². The molecule has 0 spiro atoms. The van der Waals surface area contributed by atoms with E-state index in [2.05, 4.69) is 4.90 Å². The van der Waals surface area contributed by atoms with Crippen molar-refractivity contribution in [2.45, 2.75) is 39.2 Å². The highest BCUT2D eigenvalue weighted by molar-refractivity contribution is 5.75. The third kappa shape index (κ3) is 3.31. The Bertz CT molecular complexity index is 453. The van der Waals surface area contributed by atoms with Crippen molar-refractivity contribution < 1.29 is 15.0 Å². The second-order valence-corrected chi connectivity index (χ2v) is 5.82. The van der Waals surface area contributed by atoms with E-state index in [1.54, 1.807) is 12.1 Å². The molecule has 1 saturated heterocycles. The summed E-state index contributed by atoms with van der Waals surface area (Å²) in [7, 11) is 0. The van der Waals surface area contributed by atoms with E-state index in [4.69, 9.17) is 0 Å². The molecule has 1 aromatic rings. The molecular formula is C16H23NO3. The molecule has 1 heterocycles. The summed E-state index contributed by atoms with van der Waals surface area (Å²) in [5.74, 6) is -0.395. The Balaban J connectivity index is 2.05. The van der Waals surface area contributed by atoms with E-state index < -0.39 is 11.4 Å². The van der Waals surface area contributed by atoms with Gasteiger partial charge in [0.1, 0.15) is 5.75 Å². The number of aliphatic carboxylic acids is 1. The van der Waals surface area contributed by atoms with Gasteiger partial charge in [-0.15, -0.1) is 0 Å². The molecule has 0 radical (unpaired) electrons. The smallest absolute Gasteiger partial charge is 0.310 e. The summed E-state index contributed by atoms with van der Waals surface area (Å²) in [5, 5.41) is 18.9. The molecule has 0 bridgehead atoms. The van der Waals surface area contributed by atoms with Crippen molar-refractivity contribution in [2.24, 2.45) is 5.41 Å². The van der Waals surface area contributed by atoms with E-state index in [1.165, 1.54) is 0 Å². The number of aromatic hydroxyl groups is 1. The van der Waals surface area contributed by atoms with Crippen molar-refractivity contribution in [2.75, 3.05) is 13.1 Å². The van der Waals surface area contributed by atoms with E-state index in [1.807, 2.05) is 19.1 Å². The normalized spacial score (nSPS) is 23.6. The summed E-state index contributed by atoms with van der Waals surface area (Å²) in [6.07, 6.45) is 3.36. The van der Waals surface area contributed by atoms with Gasteiger partial charge in [-0.05, 0) is 43.5 Å². The van der Waals surface area contributed by atoms with Crippen LogP contribution in [-0.4, -0.2) is 34.2 Å². The Kier molecular flexibility index (Phi) is 4.65. The van der Waals surface area contributed by atoms with Crippen LogP contribution in [0, 0.1) is 5.41 Å². The Morgan fingerprint density at radius 2 is 2.05 bits per heavy atom. The summed E-state index contributed by atoms with van der Waals surface area (Å²) in [4.78, 5) is 13.9. The third-order valence-electron chi connectivity index (χ3n) is 4.18. The molecule has 0 aromatic heterocycles. The average Bonchev–Trinajstić information content (AvgIpc) is 2.42. The molecule has 0 aliphatic carbocycles. The fraction of sp³-hybridized carbons (Fsp3) is 0.562. The number of phenols is 1. The fourth-order valence-electron chi connectivity index (χ4n) is 3.19. The van der Waals surface area contributed by atoms with Gasteiger partial charge in [0.2, 0.25) is 0 Å². The van der Waals surface area contributed by atoms with Crippen LogP contribution in [0.4, 0.5) is 0 Å². The highest BCUT2D eigenvalue weighted by atomic mass is 16.4. The minimum absolute atomic E-state index is 0.262. The van der Waals surface area contributed by atoms with Gasteiger partial charge in [0, 0.05) is 13.1 Å². The van der Waals surface area contributed by atoms with Gasteiger partial charge in [0.25, 0.3) is 0 Å². The molecule has 20 heavy (non-hydrogen) atoms. The molecule has 4 heteroatoms. The van der Waals surface area contributed by atoms with Crippen molar-refractivity contribution in [3.8, 4) is 5.75 Å². The maximum atomic E-state index is 11.6. The average molecular weight is 277 g/mol. The SMILES string of the molecule is CCCC1(C(=O)O)CCCN(Cc2ccc(O)cc2)C1. The molecule has 1 aromatic carbocycles. The molecule has 1 aliphatic heterocycles. The van der Waals surface area contributed by atoms with Crippen LogP contribution in [0.3, 0.4) is 0 Å². The van der Waals surface area contributed by atoms with Gasteiger partial charge in [-0.3, -0.25) is 9.69 Å². The zero-order valence-electron chi connectivity index (χ0n) is 12.0. The fourth-order valence-corrected chi connectivity index (χ4v) is 3.19. The van der Waals surface area contributed by atoms with Gasteiger partial charge in [-0.1, -0.05) is 25.5 Å². The Labute approximate surface area is 120 Å². The number of rotatable bonds is 5. The number of carboxylic acid groups (broad SMARTS) is 1. The predicted octanol–water partition coefficient (Wildman–Crippen LogP) is 2.86. The van der Waals surface area contributed by atoms with E-state index in [0.717, 1.165) is 44.3 Å². The molecule has 110 valence electrons. The minimum Gasteiger partial charge on any atom is -0.508 e. The molecule has 1 fully saturated rings. The molecule has 2 rings (SSSR count). The number of carbonyl (C=O) groups is 1. The number of piperidine rings is 1. The standard InChI is InChI=1S/C16H23NO3/c1-2-8-16(15(19)20)9-3-10-17(12-16)11-13-4-6-14(18)7-5-13/h4-7,18H,2-3,8-12H2,1H3,(H,19,20). The van der Waals surface area contributed by atoms with Gasteiger partial charge in [-0.2, -0.15) is 0 Å². The zero-order valence-corrected chi connectivity index (χ0v) is 12.0. The number of likely N-dealkylation sites (tertiary alicyclic amines) is 1. The molecule has 1 unspecified atom stereocenters. The predicted molar refractivity (Wildman–Crippen MR) is 77.6 cm³/mol. The lowest BCUT2D eigenvalue weighted by atomic mass is 9.76. The van der Waals surface area contributed by atoms with Crippen LogP contribution in [0.5, 0.6) is 5.75 Å². The second-order valence-electron chi connectivity index (χ2n) is 5.82. The van der Waals surface area contributed by atoms with E-state index in [0.29, 0.717) is 6.54 Å². The highest BCUT2D eigenvalue weighted by Gasteiger charge is 2.41. The van der Waals surface area contributed by atoms with Gasteiger partial charge in [-0.25, -0.2) is 0 Å². The Morgan fingerprint density at radius 3 is 2.65 bits per heavy atom. The quantitative estimate of drug-likeness (QED) is 0.869. The molecule has 4 nitrogen and oxygen atoms in total. The zero-order chi connectivity index (χ0) is 14.6. The van der Waals surface area contributed by atoms with Crippen molar-refractivity contribution in [1.82, 2.24) is 4.90 Å². The Morgan fingerprint density at radius 1 is 1.35 bits per heavy atom. The molecule has 1 atom stereocenters. The van der Waals surface area contributed by atoms with Crippen LogP contribution in [0.1, 0.15) is 38.2 Å². The number of hydrogen-bond acceptors (Lipinski definition) is 3. The summed E-state index contributed by atoms with van der Waals surface area (Å²) in [6, 6.07) is 7.14. The van der Waals surface area contributed by atoms with Gasteiger partial charge in [0.15, 0.2) is 0 Å². The monoisotopic (exact) mass is 277 g/mol. The molecule has 0 saturated carbocycles. The first kappa shape index (κ1) is 14.9. The first-order chi connectivity index (χ1) is 9.55. The first-order valence-corrected chi connectivity index (χ1v) is 7.29. The largest absolute Gasteiger partial charge is 0.508 e. The maximum Gasteiger partial charge on any atom is 0.310 e. The first-order valence-electron chi connectivity index (χ1n) is 7.29. The molecular weight excluding hydrogens is 254 g/mol. The van der Waals surface area contributed by atoms with Crippen LogP contribution in [0.25, 0.3) is 0 Å². The van der Waals surface area contributed by atoms with Gasteiger partial charge in [0.05, 0.1) is 5.41 Å². The van der Waals surface area contributed by atoms with Crippen LogP contribution in [0.15, 0.2) is 24.3 Å². The van der Waals surface area contributed by atoms with E-state index in [-0.39, 0.29) is 5.75 Å². The van der Waals surface area contributed by atoms with Gasteiger partial charge < -0.3 is 10.2 Å².